The van der Waals surface area contributed by atoms with E-state index in [0.29, 0.717) is 36.9 Å². The van der Waals surface area contributed by atoms with Crippen LogP contribution in [0.1, 0.15) is 54.7 Å². The van der Waals surface area contributed by atoms with Gasteiger partial charge in [-0.15, -0.1) is 0 Å². The largest absolute Gasteiger partial charge is 0.349 e. The third-order valence-electron chi connectivity index (χ3n) is 5.56. The number of aromatic nitrogens is 2. The summed E-state index contributed by atoms with van der Waals surface area (Å²) in [5.74, 6) is -0.579. The quantitative estimate of drug-likeness (QED) is 0.868. The molecule has 4 rings (SSSR count). The molecule has 1 aromatic carbocycles. The number of halogens is 1. The van der Waals surface area contributed by atoms with Gasteiger partial charge in [0.2, 0.25) is 5.91 Å². The van der Waals surface area contributed by atoms with Crippen LogP contribution in [-0.2, 0) is 4.79 Å². The molecule has 136 valence electrons. The first-order valence-electron chi connectivity index (χ1n) is 8.87. The zero-order valence-electron chi connectivity index (χ0n) is 14.5. The van der Waals surface area contributed by atoms with Gasteiger partial charge in [0.25, 0.3) is 5.91 Å². The molecule has 3 heterocycles. The number of hydrogen-bond acceptors (Lipinski definition) is 3. The van der Waals surface area contributed by atoms with Crippen LogP contribution in [0.3, 0.4) is 0 Å². The molecule has 2 aliphatic heterocycles. The molecule has 0 radical (unpaired) electrons. The molecule has 6 nitrogen and oxygen atoms in total. The van der Waals surface area contributed by atoms with Crippen molar-refractivity contribution in [1.82, 2.24) is 20.4 Å². The van der Waals surface area contributed by atoms with Gasteiger partial charge in [-0.3, -0.25) is 14.7 Å². The van der Waals surface area contributed by atoms with Gasteiger partial charge in [-0.05, 0) is 38.3 Å². The highest BCUT2D eigenvalue weighted by atomic mass is 19.1. The van der Waals surface area contributed by atoms with E-state index in [-0.39, 0.29) is 23.7 Å². The van der Waals surface area contributed by atoms with E-state index in [1.165, 1.54) is 12.3 Å². The van der Waals surface area contributed by atoms with Gasteiger partial charge in [0.1, 0.15) is 11.5 Å². The minimum Gasteiger partial charge on any atom is -0.349 e. The summed E-state index contributed by atoms with van der Waals surface area (Å²) in [6.45, 7) is 1.95. The van der Waals surface area contributed by atoms with Crippen molar-refractivity contribution in [2.24, 2.45) is 0 Å². The van der Waals surface area contributed by atoms with Crippen LogP contribution in [0.5, 0.6) is 0 Å². The first-order chi connectivity index (χ1) is 12.5. The lowest BCUT2D eigenvalue weighted by molar-refractivity contribution is -0.122. The zero-order valence-corrected chi connectivity index (χ0v) is 14.5. The number of likely N-dealkylation sites (tertiary alicyclic amines) is 1. The van der Waals surface area contributed by atoms with Gasteiger partial charge in [-0.25, -0.2) is 4.39 Å². The normalized spacial score (nSPS) is 28.4. The van der Waals surface area contributed by atoms with Crippen molar-refractivity contribution >= 4 is 11.8 Å². The van der Waals surface area contributed by atoms with Gasteiger partial charge >= 0.3 is 0 Å². The second kappa shape index (κ2) is 6.23. The molecule has 0 bridgehead atoms. The number of benzene rings is 1. The minimum atomic E-state index is -0.587. The van der Waals surface area contributed by atoms with Crippen LogP contribution in [0.4, 0.5) is 4.39 Å². The lowest BCUT2D eigenvalue weighted by Crippen LogP contribution is -2.54. The van der Waals surface area contributed by atoms with Gasteiger partial charge in [0, 0.05) is 18.2 Å². The van der Waals surface area contributed by atoms with Crippen LogP contribution in [0, 0.1) is 5.82 Å². The average Bonchev–Trinajstić information content (AvgIpc) is 3.19. The molecule has 2 N–H and O–H groups in total. The van der Waals surface area contributed by atoms with Crippen molar-refractivity contribution in [1.29, 1.82) is 0 Å². The van der Waals surface area contributed by atoms with Crippen LogP contribution in [0.15, 0.2) is 36.5 Å². The number of fused-ring (bicyclic) bond motifs is 1. The van der Waals surface area contributed by atoms with E-state index in [4.69, 9.17) is 0 Å². The van der Waals surface area contributed by atoms with Crippen LogP contribution in [-0.4, -0.2) is 38.5 Å². The average molecular weight is 356 g/mol. The second-order valence-electron chi connectivity index (χ2n) is 7.30. The van der Waals surface area contributed by atoms with Crippen LogP contribution in [0.2, 0.25) is 0 Å². The molecule has 2 saturated heterocycles. The van der Waals surface area contributed by atoms with E-state index >= 15 is 0 Å². The van der Waals surface area contributed by atoms with Crippen LogP contribution < -0.4 is 5.32 Å². The van der Waals surface area contributed by atoms with E-state index in [1.54, 1.807) is 29.2 Å². The molecule has 1 aromatic heterocycles. The van der Waals surface area contributed by atoms with E-state index in [1.807, 2.05) is 6.92 Å². The molecule has 2 amide bonds. The Bertz CT molecular complexity index is 838. The van der Waals surface area contributed by atoms with Gasteiger partial charge in [-0.2, -0.15) is 5.10 Å². The number of carbonyl (C=O) groups excluding carboxylic acids is 2. The Labute approximate surface area is 150 Å². The Morgan fingerprint density at radius 1 is 1.35 bits per heavy atom. The SMILES string of the molecule is C[C@]12C[C@@H](c3ccccc3F)N(C(=O)c3ccn[nH]3)[C@H]1CCCC(=O)N2. The summed E-state index contributed by atoms with van der Waals surface area (Å²) in [6, 6.07) is 7.50. The molecule has 0 spiro atoms. The fourth-order valence-corrected chi connectivity index (χ4v) is 4.39. The summed E-state index contributed by atoms with van der Waals surface area (Å²) in [5.41, 5.74) is 0.256. The fraction of sp³-hybridized carbons (Fsp3) is 0.421. The maximum absolute atomic E-state index is 14.5. The molecular formula is C19H21FN4O2. The number of aromatic amines is 1. The number of nitrogens with zero attached hydrogens (tertiary/aromatic N) is 2. The number of hydrogen-bond donors (Lipinski definition) is 2. The molecule has 0 aliphatic carbocycles. The lowest BCUT2D eigenvalue weighted by atomic mass is 9.88. The molecule has 3 atom stereocenters. The van der Waals surface area contributed by atoms with Crippen LogP contribution >= 0.6 is 0 Å². The van der Waals surface area contributed by atoms with Crippen molar-refractivity contribution < 1.29 is 14.0 Å². The van der Waals surface area contributed by atoms with Crippen molar-refractivity contribution in [3.63, 3.8) is 0 Å². The molecule has 0 unspecified atom stereocenters. The van der Waals surface area contributed by atoms with Crippen molar-refractivity contribution in [2.45, 2.75) is 50.2 Å². The topological polar surface area (TPSA) is 78.1 Å². The Balaban J connectivity index is 1.80. The van der Waals surface area contributed by atoms with E-state index in [0.717, 1.165) is 0 Å². The number of carbonyl (C=O) groups is 2. The maximum atomic E-state index is 14.5. The van der Waals surface area contributed by atoms with Gasteiger partial charge in [-0.1, -0.05) is 18.2 Å². The summed E-state index contributed by atoms with van der Waals surface area (Å²) in [7, 11) is 0. The summed E-state index contributed by atoms with van der Waals surface area (Å²) in [4.78, 5) is 27.1. The molecule has 0 saturated carbocycles. The number of rotatable bonds is 2. The first kappa shape index (κ1) is 16.8. The Kier molecular flexibility index (Phi) is 4.01. The lowest BCUT2D eigenvalue weighted by Gasteiger charge is -2.35. The molecule has 26 heavy (non-hydrogen) atoms. The summed E-state index contributed by atoms with van der Waals surface area (Å²) in [5, 5.41) is 9.66. The molecule has 7 heteroatoms. The standard InChI is InChI=1S/C19H21FN4O2/c1-19-11-15(12-5-2-3-6-13(12)20)24(18(26)14-9-10-21-23-14)16(19)7-4-8-17(25)22-19/h2-3,5-6,9-10,15-16H,4,7-8,11H2,1H3,(H,21,23)(H,22,25)/t15-,16-,19-/m0/s1. The predicted octanol–water partition coefficient (Wildman–Crippen LogP) is 2.56. The van der Waals surface area contributed by atoms with Crippen molar-refractivity contribution in [2.75, 3.05) is 0 Å². The number of nitrogens with one attached hydrogen (secondary N) is 2. The summed E-state index contributed by atoms with van der Waals surface area (Å²) in [6.07, 6.45) is 3.84. The number of H-pyrrole nitrogens is 1. The monoisotopic (exact) mass is 356 g/mol. The molecule has 2 aliphatic rings. The zero-order chi connectivity index (χ0) is 18.3. The van der Waals surface area contributed by atoms with E-state index < -0.39 is 11.6 Å². The summed E-state index contributed by atoms with van der Waals surface area (Å²) < 4.78 is 14.5. The predicted molar refractivity (Wildman–Crippen MR) is 92.7 cm³/mol. The third kappa shape index (κ3) is 2.67. The van der Waals surface area contributed by atoms with Gasteiger partial charge in [0.05, 0.1) is 17.6 Å². The van der Waals surface area contributed by atoms with Gasteiger partial charge < -0.3 is 10.2 Å². The Morgan fingerprint density at radius 2 is 2.15 bits per heavy atom. The van der Waals surface area contributed by atoms with Gasteiger partial charge in [0.15, 0.2) is 0 Å². The fourth-order valence-electron chi connectivity index (χ4n) is 4.39. The third-order valence-corrected chi connectivity index (χ3v) is 5.56. The van der Waals surface area contributed by atoms with Crippen LogP contribution in [0.25, 0.3) is 0 Å². The summed E-state index contributed by atoms with van der Waals surface area (Å²) >= 11 is 0. The highest BCUT2D eigenvalue weighted by Crippen LogP contribution is 2.46. The minimum absolute atomic E-state index is 0.0156. The molecular weight excluding hydrogens is 335 g/mol. The van der Waals surface area contributed by atoms with E-state index in [2.05, 4.69) is 15.5 Å². The highest BCUT2D eigenvalue weighted by molar-refractivity contribution is 5.93. The molecule has 2 fully saturated rings. The molecule has 2 aromatic rings. The smallest absolute Gasteiger partial charge is 0.272 e. The Hall–Kier alpha value is -2.70. The van der Waals surface area contributed by atoms with E-state index in [9.17, 15) is 14.0 Å². The highest BCUT2D eigenvalue weighted by Gasteiger charge is 2.53. The first-order valence-corrected chi connectivity index (χ1v) is 8.87. The maximum Gasteiger partial charge on any atom is 0.272 e. The second-order valence-corrected chi connectivity index (χ2v) is 7.30. The number of amides is 2. The Morgan fingerprint density at radius 3 is 2.88 bits per heavy atom. The van der Waals surface area contributed by atoms with Crippen molar-refractivity contribution in [3.05, 3.63) is 53.6 Å². The van der Waals surface area contributed by atoms with Crippen molar-refractivity contribution in [3.8, 4) is 0 Å².